The number of hydrogen-bond acceptors (Lipinski definition) is 12. The second-order valence-electron chi connectivity index (χ2n) is 13.5. The average molecular weight is 734 g/mol. The summed E-state index contributed by atoms with van der Waals surface area (Å²) in [6.45, 7) is 19.5. The maximum absolute atomic E-state index is 11.4. The normalized spacial score (nSPS) is 26.3. The number of rotatable bonds is 8. The van der Waals surface area contributed by atoms with Crippen molar-refractivity contribution in [3.8, 4) is 0 Å². The topological polar surface area (TPSA) is 202 Å². The van der Waals surface area contributed by atoms with E-state index in [1.807, 2.05) is 33.8 Å². The molecule has 14 heteroatoms. The Morgan fingerprint density at radius 1 is 0.617 bits per heavy atom. The number of carboxylic acid groups (broad SMARTS) is 1. The van der Waals surface area contributed by atoms with Gasteiger partial charge in [0.05, 0.1) is 39.1 Å². The third kappa shape index (κ3) is 12.6. The third-order valence-corrected chi connectivity index (χ3v) is 9.01. The molecule has 3 aliphatic rings. The first-order valence-corrected chi connectivity index (χ1v) is 16.0. The Morgan fingerprint density at radius 3 is 1.13 bits per heavy atom. The van der Waals surface area contributed by atoms with Crippen LogP contribution < -0.4 is 0 Å². The maximum atomic E-state index is 11.4. The van der Waals surface area contributed by atoms with Crippen LogP contribution in [0.2, 0.25) is 0 Å². The van der Waals surface area contributed by atoms with Crippen LogP contribution in [-0.2, 0) is 45.9 Å². The first-order chi connectivity index (χ1) is 21.6. The molecule has 0 spiro atoms. The van der Waals surface area contributed by atoms with E-state index in [4.69, 9.17) is 32.2 Å². The molecule has 1 N–H and O–H groups in total. The third-order valence-electron chi connectivity index (χ3n) is 9.01. The number of esters is 3. The van der Waals surface area contributed by atoms with Crippen molar-refractivity contribution < 1.29 is 51.0 Å². The summed E-state index contributed by atoms with van der Waals surface area (Å²) in [4.78, 5) is 69.1. The van der Waals surface area contributed by atoms with Crippen molar-refractivity contribution in [2.75, 3.05) is 21.3 Å². The number of aliphatic carboxylic acids is 1. The molecular weight excluding hydrogens is 683 g/mol. The Bertz CT molecular complexity index is 1260. The summed E-state index contributed by atoms with van der Waals surface area (Å²) in [5, 5.41) is 8.73. The van der Waals surface area contributed by atoms with Gasteiger partial charge in [0.1, 0.15) is 6.29 Å². The second-order valence-corrected chi connectivity index (χ2v) is 13.8. The van der Waals surface area contributed by atoms with Crippen LogP contribution in [0.25, 0.3) is 0 Å². The Balaban J connectivity index is 0. The predicted octanol–water partition coefficient (Wildman–Crippen LogP) is 4.89. The molecule has 13 nitrogen and oxygen atoms in total. The van der Waals surface area contributed by atoms with Gasteiger partial charge in [-0.1, -0.05) is 65.3 Å². The van der Waals surface area contributed by atoms with Gasteiger partial charge in [-0.05, 0) is 67.3 Å². The summed E-state index contributed by atoms with van der Waals surface area (Å²) in [7, 11) is 4.20. The van der Waals surface area contributed by atoms with Crippen molar-refractivity contribution in [3.05, 3.63) is 44.9 Å². The van der Waals surface area contributed by atoms with Gasteiger partial charge in [0, 0.05) is 15.5 Å². The van der Waals surface area contributed by atoms with Crippen LogP contribution >= 0.6 is 0 Å². The molecule has 3 saturated carbocycles. The molecule has 0 heterocycles. The molecule has 266 valence electrons. The number of methoxy groups -OCH3 is 3. The minimum atomic E-state index is -1.62. The zero-order valence-corrected chi connectivity index (χ0v) is 31.2. The van der Waals surface area contributed by atoms with Gasteiger partial charge in [0.2, 0.25) is 0 Å². The van der Waals surface area contributed by atoms with Gasteiger partial charge in [-0.15, -0.1) is 0 Å². The van der Waals surface area contributed by atoms with Gasteiger partial charge >= 0.3 is 46.4 Å². The summed E-state index contributed by atoms with van der Waals surface area (Å²) in [5.74, 6) is -1.24. The van der Waals surface area contributed by atoms with Crippen LogP contribution in [0.15, 0.2) is 34.9 Å². The van der Waals surface area contributed by atoms with Crippen molar-refractivity contribution in [2.24, 2.45) is 51.8 Å². The van der Waals surface area contributed by atoms with E-state index in [-0.39, 0.29) is 69.3 Å². The number of hydrogen-bond donors (Lipinski definition) is 1. The van der Waals surface area contributed by atoms with E-state index < -0.39 is 20.8 Å². The van der Waals surface area contributed by atoms with Crippen molar-refractivity contribution in [1.29, 1.82) is 0 Å². The number of aldehydes is 1. The van der Waals surface area contributed by atoms with Crippen molar-refractivity contribution in [3.63, 3.8) is 0 Å². The number of carbonyl (C=O) groups excluding carboxylic acids is 4. The summed E-state index contributed by atoms with van der Waals surface area (Å²) < 4.78 is 31.0. The molecule has 0 aromatic rings. The summed E-state index contributed by atoms with van der Waals surface area (Å²) in [6.07, 6.45) is 6.48. The fraction of sp³-hybridized carbons (Fsp3) is 0.667. The SMILES string of the molecule is COC(=O)[C@@H]1[C@@H](/C=C(\C)C(=O)O)C1(C)C.COC(=O)[C@@H]1[C@@H](/C=C(\C)C=O)C1(C)C.COC(=O)[C@@H]1[C@@H](C=C(C)C)C1(C)C.O=O.O=[Se]=O. The van der Waals surface area contributed by atoms with Gasteiger partial charge in [0.25, 0.3) is 0 Å². The molecule has 3 rings (SSSR count). The first kappa shape index (κ1) is 45.6. The van der Waals surface area contributed by atoms with E-state index in [9.17, 15) is 24.0 Å². The van der Waals surface area contributed by atoms with Gasteiger partial charge in [-0.2, -0.15) is 0 Å². The molecule has 0 saturated heterocycles. The standard InChI is InChI=1S/C11H16O4.C11H16O3.C11H18O2.O2Se.O2/c1-6(9(12)13)5-7-8(10(14)15-4)11(7,2)3;1-7(6-12)5-8-9(10(13)14-4)11(8,2)3;1-7(2)6-8-9(10(12)13-5)11(8,3)4;1-3-2;1-2/h5,7-8H,1-4H3,(H,12,13);5-6,8-9H,1-4H3;6,8-9H,1-5H3;;/b6-5+;7-5+;;;/t7-,8+;2*8-,9+;;/m111../s1. The molecule has 0 amide bonds. The van der Waals surface area contributed by atoms with Crippen molar-refractivity contribution in [2.45, 2.75) is 69.2 Å². The predicted molar refractivity (Wildman–Crippen MR) is 173 cm³/mol. The Labute approximate surface area is 282 Å². The van der Waals surface area contributed by atoms with Crippen molar-refractivity contribution >= 4 is 45.0 Å². The van der Waals surface area contributed by atoms with E-state index in [0.29, 0.717) is 11.5 Å². The van der Waals surface area contributed by atoms with E-state index in [2.05, 4.69) is 38.5 Å². The minimum absolute atomic E-state index is 0.0268. The molecule has 0 radical (unpaired) electrons. The molecule has 3 fully saturated rings. The Morgan fingerprint density at radius 2 is 0.894 bits per heavy atom. The molecule has 0 aliphatic heterocycles. The molecule has 0 aromatic carbocycles. The van der Waals surface area contributed by atoms with Crippen LogP contribution in [0.4, 0.5) is 0 Å². The van der Waals surface area contributed by atoms with E-state index in [1.165, 1.54) is 33.8 Å². The summed E-state index contributed by atoms with van der Waals surface area (Å²) in [5.41, 5.74) is 2.05. The van der Waals surface area contributed by atoms with Gasteiger partial charge in [-0.25, -0.2) is 4.79 Å². The molecule has 0 aromatic heterocycles. The quantitative estimate of drug-likeness (QED) is 0.0884. The summed E-state index contributed by atoms with van der Waals surface area (Å²) in [6, 6.07) is 0. The van der Waals surface area contributed by atoms with Crippen LogP contribution in [0.3, 0.4) is 0 Å². The summed E-state index contributed by atoms with van der Waals surface area (Å²) >= 11 is -1.62. The van der Waals surface area contributed by atoms with E-state index >= 15 is 0 Å². The average Bonchev–Trinajstić information content (AvgIpc) is 3.88. The van der Waals surface area contributed by atoms with Gasteiger partial charge in [0.15, 0.2) is 0 Å². The fourth-order valence-corrected chi connectivity index (χ4v) is 5.72. The van der Waals surface area contributed by atoms with Gasteiger partial charge < -0.3 is 19.3 Å². The van der Waals surface area contributed by atoms with Crippen molar-refractivity contribution in [1.82, 2.24) is 0 Å². The number of carboxylic acids is 1. The van der Waals surface area contributed by atoms with Gasteiger partial charge in [-0.3, -0.25) is 19.2 Å². The molecular formula is C33H50O13Se. The Kier molecular flexibility index (Phi) is 18.8. The van der Waals surface area contributed by atoms with Crippen LogP contribution in [0.5, 0.6) is 0 Å². The molecule has 0 unspecified atom stereocenters. The van der Waals surface area contributed by atoms with E-state index in [0.717, 1.165) is 6.29 Å². The zero-order chi connectivity index (χ0) is 37.7. The van der Waals surface area contributed by atoms with E-state index in [1.54, 1.807) is 13.0 Å². The van der Waals surface area contributed by atoms with Crippen LogP contribution in [0.1, 0.15) is 69.2 Å². The van der Waals surface area contributed by atoms with Crippen LogP contribution in [0, 0.1) is 61.7 Å². The molecule has 6 atom stereocenters. The number of carbonyl (C=O) groups is 5. The fourth-order valence-electron chi connectivity index (χ4n) is 5.72. The molecule has 0 bridgehead atoms. The second kappa shape index (κ2) is 19.3. The molecule has 47 heavy (non-hydrogen) atoms. The number of ether oxygens (including phenoxy) is 3. The van der Waals surface area contributed by atoms with Crippen LogP contribution in [-0.4, -0.2) is 71.4 Å². The molecule has 3 aliphatic carbocycles. The Hall–Kier alpha value is -3.51. The monoisotopic (exact) mass is 734 g/mol. The number of allylic oxidation sites excluding steroid dienone is 5. The zero-order valence-electron chi connectivity index (χ0n) is 29.5. The first-order valence-electron chi connectivity index (χ1n) is 14.6.